The number of carbonyl (C=O) groups excluding carboxylic acids is 1. The van der Waals surface area contributed by atoms with Gasteiger partial charge in [-0.05, 0) is 24.3 Å². The minimum absolute atomic E-state index is 0.00316. The number of anilines is 1. The third-order valence-electron chi connectivity index (χ3n) is 2.99. The smallest absolute Gasteiger partial charge is 0.262 e. The van der Waals surface area contributed by atoms with E-state index in [1.807, 2.05) is 0 Å². The fraction of sp³-hybridized carbons (Fsp3) is 0.133. The highest BCUT2D eigenvalue weighted by Gasteiger charge is 2.16. The first-order valence-electron chi connectivity index (χ1n) is 6.25. The van der Waals surface area contributed by atoms with Crippen molar-refractivity contribution in [3.05, 3.63) is 52.8 Å². The lowest BCUT2D eigenvalue weighted by Crippen LogP contribution is -2.25. The molecule has 0 spiro atoms. The number of hydrogen-bond acceptors (Lipinski definition) is 3. The van der Waals surface area contributed by atoms with Crippen LogP contribution in [0.2, 0.25) is 5.02 Å². The van der Waals surface area contributed by atoms with Crippen LogP contribution in [0.5, 0.6) is 11.5 Å². The van der Waals surface area contributed by atoms with Crippen LogP contribution in [-0.4, -0.2) is 12.5 Å². The Hall–Kier alpha value is -2.27. The molecule has 0 atom stereocenters. The molecule has 3 rings (SSSR count). The average molecular weight is 308 g/mol. The molecular weight excluding hydrogens is 297 g/mol. The van der Waals surface area contributed by atoms with Gasteiger partial charge in [-0.1, -0.05) is 17.7 Å². The van der Waals surface area contributed by atoms with Gasteiger partial charge in [-0.2, -0.15) is 0 Å². The van der Waals surface area contributed by atoms with Gasteiger partial charge in [0.05, 0.1) is 5.69 Å². The zero-order valence-electron chi connectivity index (χ0n) is 10.9. The second-order valence-corrected chi connectivity index (χ2v) is 4.96. The molecule has 2 aromatic carbocycles. The van der Waals surface area contributed by atoms with Gasteiger partial charge < -0.3 is 14.8 Å². The van der Waals surface area contributed by atoms with Gasteiger partial charge in [-0.25, -0.2) is 4.39 Å². The summed E-state index contributed by atoms with van der Waals surface area (Å²) in [6.07, 6.45) is 0. The highest BCUT2D eigenvalue weighted by molar-refractivity contribution is 6.30. The summed E-state index contributed by atoms with van der Waals surface area (Å²) < 4.78 is 24.4. The molecule has 1 aliphatic rings. The number of carbonyl (C=O) groups is 1. The topological polar surface area (TPSA) is 47.6 Å². The van der Waals surface area contributed by atoms with Crippen molar-refractivity contribution in [1.29, 1.82) is 0 Å². The van der Waals surface area contributed by atoms with Gasteiger partial charge in [-0.3, -0.25) is 4.79 Å². The Morgan fingerprint density at radius 2 is 2.14 bits per heavy atom. The quantitative estimate of drug-likeness (QED) is 0.945. The van der Waals surface area contributed by atoms with Crippen LogP contribution in [0.15, 0.2) is 36.4 Å². The summed E-state index contributed by atoms with van der Waals surface area (Å²) in [6, 6.07) is 9.44. The van der Waals surface area contributed by atoms with Gasteiger partial charge in [0.2, 0.25) is 0 Å². The standard InChI is InChI=1S/C15H11ClFNO3/c16-10-2-1-9(12(17)5-10)7-20-11-3-4-14-13(6-11)18-15(19)8-21-14/h1-6H,7-8H2,(H,18,19). The largest absolute Gasteiger partial charge is 0.489 e. The van der Waals surface area contributed by atoms with Crippen molar-refractivity contribution in [3.8, 4) is 11.5 Å². The van der Waals surface area contributed by atoms with Crippen molar-refractivity contribution in [2.45, 2.75) is 6.61 Å². The Labute approximate surface area is 125 Å². The molecular formula is C15H11ClFNO3. The maximum Gasteiger partial charge on any atom is 0.262 e. The normalized spacial score (nSPS) is 13.1. The van der Waals surface area contributed by atoms with Crippen molar-refractivity contribution in [1.82, 2.24) is 0 Å². The highest BCUT2D eigenvalue weighted by Crippen LogP contribution is 2.31. The number of halogens is 2. The fourth-order valence-electron chi connectivity index (χ4n) is 1.95. The lowest BCUT2D eigenvalue weighted by Gasteiger charge is -2.18. The summed E-state index contributed by atoms with van der Waals surface area (Å²) in [4.78, 5) is 11.3. The van der Waals surface area contributed by atoms with Crippen LogP contribution < -0.4 is 14.8 Å². The van der Waals surface area contributed by atoms with Gasteiger partial charge in [0.25, 0.3) is 5.91 Å². The Morgan fingerprint density at radius 1 is 1.29 bits per heavy atom. The molecule has 2 aromatic rings. The highest BCUT2D eigenvalue weighted by atomic mass is 35.5. The Bertz CT molecular complexity index is 705. The molecule has 0 radical (unpaired) electrons. The minimum atomic E-state index is -0.419. The summed E-state index contributed by atoms with van der Waals surface area (Å²) >= 11 is 5.69. The zero-order valence-corrected chi connectivity index (χ0v) is 11.6. The molecule has 0 fully saturated rings. The Morgan fingerprint density at radius 3 is 2.95 bits per heavy atom. The molecule has 21 heavy (non-hydrogen) atoms. The first-order valence-corrected chi connectivity index (χ1v) is 6.63. The number of rotatable bonds is 3. The third-order valence-corrected chi connectivity index (χ3v) is 3.23. The average Bonchev–Trinajstić information content (AvgIpc) is 2.46. The van der Waals surface area contributed by atoms with E-state index < -0.39 is 5.82 Å². The first-order chi connectivity index (χ1) is 10.1. The maximum absolute atomic E-state index is 13.6. The van der Waals surface area contributed by atoms with Crippen LogP contribution in [0.1, 0.15) is 5.56 Å². The zero-order chi connectivity index (χ0) is 14.8. The van der Waals surface area contributed by atoms with Gasteiger partial charge in [-0.15, -0.1) is 0 Å². The molecule has 0 bridgehead atoms. The molecule has 1 amide bonds. The van der Waals surface area contributed by atoms with Crippen LogP contribution in [0.3, 0.4) is 0 Å². The van der Waals surface area contributed by atoms with Crippen molar-refractivity contribution in [2.75, 3.05) is 11.9 Å². The number of hydrogen-bond donors (Lipinski definition) is 1. The van der Waals surface area contributed by atoms with Crippen LogP contribution in [0.25, 0.3) is 0 Å². The molecule has 0 unspecified atom stereocenters. The molecule has 0 aliphatic carbocycles. The van der Waals surface area contributed by atoms with E-state index in [0.29, 0.717) is 27.8 Å². The molecule has 4 nitrogen and oxygen atoms in total. The molecule has 1 heterocycles. The van der Waals surface area contributed by atoms with E-state index >= 15 is 0 Å². The lowest BCUT2D eigenvalue weighted by atomic mass is 10.2. The lowest BCUT2D eigenvalue weighted by molar-refractivity contribution is -0.118. The second kappa shape index (κ2) is 5.61. The summed E-state index contributed by atoms with van der Waals surface area (Å²) in [5, 5.41) is 3.02. The van der Waals surface area contributed by atoms with E-state index in [9.17, 15) is 9.18 Å². The molecule has 1 aliphatic heterocycles. The number of benzene rings is 2. The van der Waals surface area contributed by atoms with E-state index in [1.165, 1.54) is 6.07 Å². The second-order valence-electron chi connectivity index (χ2n) is 4.52. The Kier molecular flexibility index (Phi) is 3.66. The van der Waals surface area contributed by atoms with Crippen molar-refractivity contribution >= 4 is 23.2 Å². The van der Waals surface area contributed by atoms with Crippen LogP contribution >= 0.6 is 11.6 Å². The van der Waals surface area contributed by atoms with Gasteiger partial charge in [0, 0.05) is 16.7 Å². The van der Waals surface area contributed by atoms with Gasteiger partial charge in [0.1, 0.15) is 23.9 Å². The SMILES string of the molecule is O=C1COc2ccc(OCc3ccc(Cl)cc3F)cc2N1. The van der Waals surface area contributed by atoms with Crippen molar-refractivity contribution in [3.63, 3.8) is 0 Å². The maximum atomic E-state index is 13.6. The third kappa shape index (κ3) is 3.08. The van der Waals surface area contributed by atoms with Crippen LogP contribution in [0, 0.1) is 5.82 Å². The van der Waals surface area contributed by atoms with Crippen LogP contribution in [0.4, 0.5) is 10.1 Å². The molecule has 0 saturated carbocycles. The van der Waals surface area contributed by atoms with E-state index in [0.717, 1.165) is 0 Å². The van der Waals surface area contributed by atoms with E-state index in [2.05, 4.69) is 5.32 Å². The van der Waals surface area contributed by atoms with E-state index in [4.69, 9.17) is 21.1 Å². The summed E-state index contributed by atoms with van der Waals surface area (Å²) in [6.45, 7) is 0.0692. The molecule has 6 heteroatoms. The van der Waals surface area contributed by atoms with Crippen molar-refractivity contribution < 1.29 is 18.7 Å². The van der Waals surface area contributed by atoms with Crippen molar-refractivity contribution in [2.24, 2.45) is 0 Å². The summed E-state index contributed by atoms with van der Waals surface area (Å²) in [7, 11) is 0. The number of amides is 1. The van der Waals surface area contributed by atoms with Gasteiger partial charge >= 0.3 is 0 Å². The molecule has 0 saturated heterocycles. The number of nitrogens with one attached hydrogen (secondary N) is 1. The molecule has 0 aromatic heterocycles. The predicted octanol–water partition coefficient (Wildman–Crippen LogP) is 3.39. The predicted molar refractivity (Wildman–Crippen MR) is 76.3 cm³/mol. The first kappa shape index (κ1) is 13.7. The summed E-state index contributed by atoms with van der Waals surface area (Å²) in [5.41, 5.74) is 0.942. The minimum Gasteiger partial charge on any atom is -0.489 e. The Balaban J connectivity index is 1.73. The van der Waals surface area contributed by atoms with Gasteiger partial charge in [0.15, 0.2) is 6.61 Å². The fourth-order valence-corrected chi connectivity index (χ4v) is 2.11. The van der Waals surface area contributed by atoms with E-state index in [1.54, 1.807) is 30.3 Å². The van der Waals surface area contributed by atoms with E-state index in [-0.39, 0.29) is 19.1 Å². The molecule has 1 N–H and O–H groups in total. The molecule has 108 valence electrons. The number of ether oxygens (including phenoxy) is 2. The number of fused-ring (bicyclic) bond motifs is 1. The van der Waals surface area contributed by atoms with Crippen LogP contribution in [-0.2, 0) is 11.4 Å². The summed E-state index contributed by atoms with van der Waals surface area (Å²) in [5.74, 6) is 0.453. The monoisotopic (exact) mass is 307 g/mol.